The molecule has 0 heterocycles. The third-order valence-electron chi connectivity index (χ3n) is 1.68. The minimum atomic E-state index is -0.884. The zero-order valence-corrected chi connectivity index (χ0v) is 9.83. The van der Waals surface area contributed by atoms with Gasteiger partial charge >= 0.3 is 0 Å². The minimum absolute atomic E-state index is 0.172. The van der Waals surface area contributed by atoms with Crippen molar-refractivity contribution in [3.8, 4) is 5.75 Å². The lowest BCUT2D eigenvalue weighted by atomic mass is 10.2. The zero-order chi connectivity index (χ0) is 11.6. The van der Waals surface area contributed by atoms with Crippen LogP contribution in [0.5, 0.6) is 5.75 Å². The molecule has 0 amide bonds. The molecule has 0 atom stereocenters. The van der Waals surface area contributed by atoms with Gasteiger partial charge in [-0.2, -0.15) is 0 Å². The van der Waals surface area contributed by atoms with Gasteiger partial charge in [-0.3, -0.25) is 14.9 Å². The van der Waals surface area contributed by atoms with E-state index in [0.29, 0.717) is 4.47 Å². The second-order valence-electron chi connectivity index (χ2n) is 2.53. The summed E-state index contributed by atoms with van der Waals surface area (Å²) >= 11 is 8.32. The molecule has 0 unspecified atom stereocenters. The number of methoxy groups -OCH3 is 1. The summed E-state index contributed by atoms with van der Waals surface area (Å²) in [6, 6.07) is 2.39. The Kier molecular flexibility index (Phi) is 3.65. The number of nitrogens with zero attached hydrogens (tertiary/aromatic N) is 1. The monoisotopic (exact) mass is 293 g/mol. The predicted octanol–water partition coefficient (Wildman–Crippen LogP) is 2.74. The maximum atomic E-state index is 10.9. The number of hydrogen-bond acceptors (Lipinski definition) is 4. The van der Waals surface area contributed by atoms with Crippen molar-refractivity contribution in [1.82, 2.24) is 0 Å². The van der Waals surface area contributed by atoms with Crippen LogP contribution in [0.3, 0.4) is 0 Å². The topological polar surface area (TPSA) is 69.4 Å². The molecule has 0 fully saturated rings. The number of carbonyl (C=O) groups is 1. The van der Waals surface area contributed by atoms with E-state index in [1.807, 2.05) is 0 Å². The summed E-state index contributed by atoms with van der Waals surface area (Å²) in [5, 5.41) is 9.75. The number of carbonyl (C=O) groups excluding carboxylic acids is 1. The Morgan fingerprint density at radius 2 is 2.20 bits per heavy atom. The van der Waals surface area contributed by atoms with Gasteiger partial charge in [-0.1, -0.05) is 0 Å². The Hall–Kier alpha value is -1.14. The van der Waals surface area contributed by atoms with E-state index in [-0.39, 0.29) is 17.0 Å². The van der Waals surface area contributed by atoms with Gasteiger partial charge in [-0.05, 0) is 33.6 Å². The van der Waals surface area contributed by atoms with Gasteiger partial charge < -0.3 is 4.74 Å². The zero-order valence-electron chi connectivity index (χ0n) is 7.49. The molecule has 0 bridgehead atoms. The van der Waals surface area contributed by atoms with Crippen molar-refractivity contribution in [2.45, 2.75) is 0 Å². The number of halogens is 2. The highest BCUT2D eigenvalue weighted by atomic mass is 79.9. The molecule has 0 spiro atoms. The van der Waals surface area contributed by atoms with Crippen molar-refractivity contribution in [3.63, 3.8) is 0 Å². The standard InChI is InChI=1S/C8H5BrClNO4/c1-15-7-3-6(11(13)14)4(8(10)12)2-5(7)9/h2-3H,1H3. The summed E-state index contributed by atoms with van der Waals surface area (Å²) in [5.41, 5.74) is -0.551. The Labute approximate surface area is 98.3 Å². The third kappa shape index (κ3) is 2.45. The number of nitro groups is 1. The summed E-state index contributed by atoms with van der Waals surface area (Å²) in [5.74, 6) is 0.267. The molecule has 1 rings (SSSR count). The van der Waals surface area contributed by atoms with Gasteiger partial charge in [0.2, 0.25) is 0 Å². The lowest BCUT2D eigenvalue weighted by Crippen LogP contribution is -1.99. The summed E-state index contributed by atoms with van der Waals surface area (Å²) in [4.78, 5) is 20.9. The van der Waals surface area contributed by atoms with Crippen LogP contribution in [0.15, 0.2) is 16.6 Å². The van der Waals surface area contributed by atoms with Crippen molar-refractivity contribution >= 4 is 38.5 Å². The first kappa shape index (κ1) is 11.9. The molecule has 0 radical (unpaired) electrons. The van der Waals surface area contributed by atoms with Gasteiger partial charge in [0.25, 0.3) is 10.9 Å². The Morgan fingerprint density at radius 1 is 1.60 bits per heavy atom. The van der Waals surface area contributed by atoms with Crippen LogP contribution >= 0.6 is 27.5 Å². The fraction of sp³-hybridized carbons (Fsp3) is 0.125. The Bertz CT molecular complexity index is 435. The smallest absolute Gasteiger partial charge is 0.285 e. The van der Waals surface area contributed by atoms with E-state index in [9.17, 15) is 14.9 Å². The molecule has 0 saturated heterocycles. The average Bonchev–Trinajstić information content (AvgIpc) is 2.16. The average molecular weight is 294 g/mol. The van der Waals surface area contributed by atoms with Crippen LogP contribution in [0.25, 0.3) is 0 Å². The molecule has 1 aromatic carbocycles. The van der Waals surface area contributed by atoms with Crippen LogP contribution < -0.4 is 4.74 Å². The van der Waals surface area contributed by atoms with Gasteiger partial charge in [0.15, 0.2) is 0 Å². The molecule has 15 heavy (non-hydrogen) atoms. The first-order valence-electron chi connectivity index (χ1n) is 3.69. The highest BCUT2D eigenvalue weighted by molar-refractivity contribution is 9.10. The predicted molar refractivity (Wildman–Crippen MR) is 57.5 cm³/mol. The molecular weight excluding hydrogens is 289 g/mol. The Balaban J connectivity index is 3.45. The van der Waals surface area contributed by atoms with E-state index in [1.54, 1.807) is 0 Å². The first-order chi connectivity index (χ1) is 6.97. The number of benzene rings is 1. The number of ether oxygens (including phenoxy) is 1. The SMILES string of the molecule is COc1cc([N+](=O)[O-])c(C(=O)Cl)cc1Br. The van der Waals surface area contributed by atoms with Crippen molar-refractivity contribution in [1.29, 1.82) is 0 Å². The fourth-order valence-corrected chi connectivity index (χ4v) is 1.66. The van der Waals surface area contributed by atoms with Crippen LogP contribution in [0.2, 0.25) is 0 Å². The van der Waals surface area contributed by atoms with Gasteiger partial charge in [-0.25, -0.2) is 0 Å². The first-order valence-corrected chi connectivity index (χ1v) is 4.86. The van der Waals surface area contributed by atoms with E-state index in [1.165, 1.54) is 13.2 Å². The molecule has 1 aromatic rings. The van der Waals surface area contributed by atoms with E-state index < -0.39 is 10.2 Å². The molecule has 0 saturated carbocycles. The maximum absolute atomic E-state index is 10.9. The number of nitro benzene ring substituents is 1. The van der Waals surface area contributed by atoms with Gasteiger partial charge in [0, 0.05) is 0 Å². The van der Waals surface area contributed by atoms with Crippen LogP contribution in [-0.2, 0) is 0 Å². The van der Waals surface area contributed by atoms with Crippen molar-refractivity contribution in [2.75, 3.05) is 7.11 Å². The summed E-state index contributed by atoms with van der Waals surface area (Å²) < 4.78 is 5.30. The normalized spacial score (nSPS) is 9.80. The highest BCUT2D eigenvalue weighted by Crippen LogP contribution is 2.33. The summed E-state index contributed by atoms with van der Waals surface area (Å²) in [6.45, 7) is 0. The van der Waals surface area contributed by atoms with Crippen LogP contribution in [-0.4, -0.2) is 17.3 Å². The largest absolute Gasteiger partial charge is 0.495 e. The van der Waals surface area contributed by atoms with Crippen molar-refractivity contribution < 1.29 is 14.5 Å². The minimum Gasteiger partial charge on any atom is -0.495 e. The molecular formula is C8H5BrClNO4. The molecule has 0 N–H and O–H groups in total. The van der Waals surface area contributed by atoms with Gasteiger partial charge in [-0.15, -0.1) is 0 Å². The number of hydrogen-bond donors (Lipinski definition) is 0. The molecule has 5 nitrogen and oxygen atoms in total. The molecule has 80 valence electrons. The molecule has 0 aromatic heterocycles. The molecule has 0 aliphatic rings. The second-order valence-corrected chi connectivity index (χ2v) is 3.73. The lowest BCUT2D eigenvalue weighted by Gasteiger charge is -2.04. The molecule has 0 aliphatic carbocycles. The van der Waals surface area contributed by atoms with E-state index in [4.69, 9.17) is 16.3 Å². The van der Waals surface area contributed by atoms with E-state index >= 15 is 0 Å². The van der Waals surface area contributed by atoms with Crippen molar-refractivity contribution in [3.05, 3.63) is 32.3 Å². The van der Waals surface area contributed by atoms with E-state index in [0.717, 1.165) is 6.07 Å². The van der Waals surface area contributed by atoms with Gasteiger partial charge in [0.1, 0.15) is 11.3 Å². The molecule has 7 heteroatoms. The van der Waals surface area contributed by atoms with Crippen LogP contribution in [0.1, 0.15) is 10.4 Å². The summed E-state index contributed by atoms with van der Waals surface area (Å²) in [6.07, 6.45) is 0. The van der Waals surface area contributed by atoms with Crippen LogP contribution in [0, 0.1) is 10.1 Å². The fourth-order valence-electron chi connectivity index (χ4n) is 1.01. The van der Waals surface area contributed by atoms with E-state index in [2.05, 4.69) is 15.9 Å². The summed E-state index contributed by atoms with van der Waals surface area (Å²) in [7, 11) is 1.37. The lowest BCUT2D eigenvalue weighted by molar-refractivity contribution is -0.385. The highest BCUT2D eigenvalue weighted by Gasteiger charge is 2.21. The van der Waals surface area contributed by atoms with Crippen LogP contribution in [0.4, 0.5) is 5.69 Å². The Morgan fingerprint density at radius 3 is 2.60 bits per heavy atom. The molecule has 0 aliphatic heterocycles. The van der Waals surface area contributed by atoms with Gasteiger partial charge in [0.05, 0.1) is 22.6 Å². The maximum Gasteiger partial charge on any atom is 0.285 e. The third-order valence-corrected chi connectivity index (χ3v) is 2.50. The van der Waals surface area contributed by atoms with Crippen molar-refractivity contribution in [2.24, 2.45) is 0 Å². The quantitative estimate of drug-likeness (QED) is 0.488. The number of rotatable bonds is 3. The second kappa shape index (κ2) is 4.59.